The van der Waals surface area contributed by atoms with Crippen LogP contribution in [0, 0.1) is 0 Å². The molecule has 0 aliphatic heterocycles. The summed E-state index contributed by atoms with van der Waals surface area (Å²) >= 11 is 0. The van der Waals surface area contributed by atoms with Crippen LogP contribution in [0.5, 0.6) is 0 Å². The highest BCUT2D eigenvalue weighted by atomic mass is 31.2. The largest absolute Gasteiger partial charge is 0.479 e. The van der Waals surface area contributed by atoms with Crippen molar-refractivity contribution in [3.63, 3.8) is 0 Å². The summed E-state index contributed by atoms with van der Waals surface area (Å²) in [6, 6.07) is 0. The molecule has 0 aliphatic carbocycles. The summed E-state index contributed by atoms with van der Waals surface area (Å²) < 4.78 is 33.1. The molecule has 0 saturated heterocycles. The highest BCUT2D eigenvalue weighted by molar-refractivity contribution is 7.55. The molecular formula is C6H12FO5P. The molecule has 0 fully saturated rings. The summed E-state index contributed by atoms with van der Waals surface area (Å²) in [6.07, 6.45) is 0. The third-order valence-electron chi connectivity index (χ3n) is 1.10. The standard InChI is InChI=1S/C6H12FO5P/c1-3-11-13(10,12-4-2)5(7)6(8)9/h5H,3-4H2,1-2H3,(H,8,9)/t5-/m0/s1. The van der Waals surface area contributed by atoms with Crippen molar-refractivity contribution >= 4 is 13.6 Å². The fourth-order valence-electron chi connectivity index (χ4n) is 0.663. The minimum atomic E-state index is -4.13. The molecule has 0 aromatic carbocycles. The second-order valence-corrected chi connectivity index (χ2v) is 4.10. The summed E-state index contributed by atoms with van der Waals surface area (Å²) in [7, 11) is -4.13. The highest BCUT2D eigenvalue weighted by Crippen LogP contribution is 2.53. The monoisotopic (exact) mass is 214 g/mol. The average Bonchev–Trinajstić information content (AvgIpc) is 2.03. The Morgan fingerprint density at radius 3 is 2.08 bits per heavy atom. The molecule has 13 heavy (non-hydrogen) atoms. The van der Waals surface area contributed by atoms with Gasteiger partial charge in [0.05, 0.1) is 13.2 Å². The van der Waals surface area contributed by atoms with E-state index in [2.05, 4.69) is 9.05 Å². The van der Waals surface area contributed by atoms with Crippen LogP contribution in [0.3, 0.4) is 0 Å². The second kappa shape index (κ2) is 5.32. The van der Waals surface area contributed by atoms with E-state index in [1.54, 1.807) is 0 Å². The summed E-state index contributed by atoms with van der Waals surface area (Å²) in [5.41, 5.74) is 0. The molecule has 0 aliphatic rings. The van der Waals surface area contributed by atoms with Crippen LogP contribution in [-0.4, -0.2) is 30.2 Å². The van der Waals surface area contributed by atoms with Crippen molar-refractivity contribution in [2.75, 3.05) is 13.2 Å². The molecule has 78 valence electrons. The van der Waals surface area contributed by atoms with Crippen LogP contribution in [0.15, 0.2) is 0 Å². The maximum atomic E-state index is 12.8. The Morgan fingerprint density at radius 2 is 1.85 bits per heavy atom. The minimum absolute atomic E-state index is 0.0645. The lowest BCUT2D eigenvalue weighted by molar-refractivity contribution is -0.140. The number of rotatable bonds is 6. The van der Waals surface area contributed by atoms with E-state index in [1.807, 2.05) is 0 Å². The molecule has 0 rings (SSSR count). The zero-order valence-corrected chi connectivity index (χ0v) is 8.29. The summed E-state index contributed by atoms with van der Waals surface area (Å²) in [4.78, 5) is 10.2. The Labute approximate surface area is 75.4 Å². The van der Waals surface area contributed by atoms with Crippen molar-refractivity contribution in [1.82, 2.24) is 0 Å². The molecule has 0 aromatic rings. The molecule has 5 nitrogen and oxygen atoms in total. The van der Waals surface area contributed by atoms with E-state index < -0.39 is 19.5 Å². The van der Waals surface area contributed by atoms with Crippen molar-refractivity contribution in [2.45, 2.75) is 19.8 Å². The summed E-state index contributed by atoms with van der Waals surface area (Å²) in [6.45, 7) is 2.82. The van der Waals surface area contributed by atoms with Gasteiger partial charge in [0.1, 0.15) is 0 Å². The van der Waals surface area contributed by atoms with Crippen LogP contribution >= 0.6 is 7.60 Å². The predicted molar refractivity (Wildman–Crippen MR) is 43.4 cm³/mol. The number of aliphatic carboxylic acids is 1. The van der Waals surface area contributed by atoms with Gasteiger partial charge in [-0.1, -0.05) is 0 Å². The Hall–Kier alpha value is -0.450. The van der Waals surface area contributed by atoms with Gasteiger partial charge in [-0.15, -0.1) is 0 Å². The molecule has 1 atom stereocenters. The third-order valence-corrected chi connectivity index (χ3v) is 3.11. The Kier molecular flexibility index (Phi) is 5.13. The normalized spacial score (nSPS) is 14.1. The van der Waals surface area contributed by atoms with Crippen LogP contribution in [0.1, 0.15) is 13.8 Å². The number of carboxylic acid groups (broad SMARTS) is 1. The van der Waals surface area contributed by atoms with E-state index in [0.29, 0.717) is 0 Å². The lowest BCUT2D eigenvalue weighted by atomic mass is 10.8. The molecule has 1 N–H and O–H groups in total. The summed E-state index contributed by atoms with van der Waals surface area (Å²) in [5.74, 6) is -4.46. The maximum Gasteiger partial charge on any atom is 0.376 e. The van der Waals surface area contributed by atoms with Gasteiger partial charge >= 0.3 is 13.6 Å². The first kappa shape index (κ1) is 12.6. The number of halogens is 1. The van der Waals surface area contributed by atoms with E-state index >= 15 is 0 Å². The summed E-state index contributed by atoms with van der Waals surface area (Å²) in [5, 5.41) is 8.26. The lowest BCUT2D eigenvalue weighted by Crippen LogP contribution is -2.18. The minimum Gasteiger partial charge on any atom is -0.479 e. The molecule has 0 unspecified atom stereocenters. The van der Waals surface area contributed by atoms with Crippen molar-refractivity contribution in [2.24, 2.45) is 0 Å². The van der Waals surface area contributed by atoms with Gasteiger partial charge in [0, 0.05) is 0 Å². The quantitative estimate of drug-likeness (QED) is 0.680. The Morgan fingerprint density at radius 1 is 1.46 bits per heavy atom. The van der Waals surface area contributed by atoms with Crippen LogP contribution < -0.4 is 0 Å². The number of carboxylic acids is 1. The van der Waals surface area contributed by atoms with Gasteiger partial charge in [0.25, 0.3) is 5.91 Å². The van der Waals surface area contributed by atoms with Crippen molar-refractivity contribution < 1.29 is 27.9 Å². The Bertz CT molecular complexity index is 209. The number of hydrogen-bond acceptors (Lipinski definition) is 4. The van der Waals surface area contributed by atoms with E-state index in [1.165, 1.54) is 13.8 Å². The van der Waals surface area contributed by atoms with Gasteiger partial charge in [-0.05, 0) is 13.8 Å². The van der Waals surface area contributed by atoms with Gasteiger partial charge < -0.3 is 14.2 Å². The van der Waals surface area contributed by atoms with Crippen molar-refractivity contribution in [1.29, 1.82) is 0 Å². The molecule has 0 saturated carbocycles. The van der Waals surface area contributed by atoms with Crippen LogP contribution in [0.2, 0.25) is 0 Å². The zero-order valence-electron chi connectivity index (χ0n) is 7.40. The third kappa shape index (κ3) is 3.42. The molecule has 7 heteroatoms. The molecule has 0 heterocycles. The highest BCUT2D eigenvalue weighted by Gasteiger charge is 2.41. The van der Waals surface area contributed by atoms with E-state index in [4.69, 9.17) is 5.11 Å². The smallest absolute Gasteiger partial charge is 0.376 e. The van der Waals surface area contributed by atoms with Crippen LogP contribution in [0.4, 0.5) is 4.39 Å². The number of carbonyl (C=O) groups is 1. The molecule has 0 bridgehead atoms. The topological polar surface area (TPSA) is 72.8 Å². The van der Waals surface area contributed by atoms with Crippen molar-refractivity contribution in [3.8, 4) is 0 Å². The van der Waals surface area contributed by atoms with E-state index in [9.17, 15) is 13.8 Å². The van der Waals surface area contributed by atoms with Gasteiger partial charge in [-0.2, -0.15) is 0 Å². The van der Waals surface area contributed by atoms with Gasteiger partial charge in [-0.25, -0.2) is 9.18 Å². The molecule has 0 spiro atoms. The zero-order chi connectivity index (χ0) is 10.5. The first-order chi connectivity index (χ1) is 5.98. The number of alkyl halides is 1. The van der Waals surface area contributed by atoms with E-state index in [0.717, 1.165) is 0 Å². The molecule has 0 radical (unpaired) electrons. The fraction of sp³-hybridized carbons (Fsp3) is 0.833. The second-order valence-electron chi connectivity index (χ2n) is 2.05. The maximum absolute atomic E-state index is 12.8. The lowest BCUT2D eigenvalue weighted by Gasteiger charge is -2.17. The first-order valence-corrected chi connectivity index (χ1v) is 5.34. The first-order valence-electron chi connectivity index (χ1n) is 3.73. The molecule has 0 aromatic heterocycles. The van der Waals surface area contributed by atoms with Gasteiger partial charge in [-0.3, -0.25) is 4.57 Å². The molecule has 0 amide bonds. The fourth-order valence-corrected chi connectivity index (χ4v) is 1.99. The molecular weight excluding hydrogens is 202 g/mol. The average molecular weight is 214 g/mol. The van der Waals surface area contributed by atoms with Crippen molar-refractivity contribution in [3.05, 3.63) is 0 Å². The van der Waals surface area contributed by atoms with Crippen LogP contribution in [-0.2, 0) is 18.4 Å². The SMILES string of the molecule is CCOP(=O)(OCC)[C@H](F)C(=O)O. The number of hydrogen-bond donors (Lipinski definition) is 1. The van der Waals surface area contributed by atoms with E-state index in [-0.39, 0.29) is 13.2 Å². The van der Waals surface area contributed by atoms with Crippen LogP contribution in [0.25, 0.3) is 0 Å². The Balaban J connectivity index is 4.57. The predicted octanol–water partition coefficient (Wildman–Crippen LogP) is 1.63. The van der Waals surface area contributed by atoms with Gasteiger partial charge in [0.15, 0.2) is 0 Å². The van der Waals surface area contributed by atoms with Gasteiger partial charge in [0.2, 0.25) is 0 Å².